The fraction of sp³-hybridized carbons (Fsp3) is 0.429. The Morgan fingerprint density at radius 1 is 0.906 bits per heavy atom. The molecule has 0 heterocycles. The zero-order chi connectivity index (χ0) is 24.3. The Balaban J connectivity index is 2.18. The Hall–Kier alpha value is -2.88. The first-order valence-corrected chi connectivity index (χ1v) is 11.1. The normalized spacial score (nSPS) is 12.3. The lowest BCUT2D eigenvalue weighted by atomic mass is 10.00. The van der Waals surface area contributed by atoms with E-state index in [9.17, 15) is 9.59 Å². The van der Waals surface area contributed by atoms with E-state index in [1.807, 2.05) is 77.1 Å². The van der Waals surface area contributed by atoms with Crippen molar-refractivity contribution < 1.29 is 19.1 Å². The van der Waals surface area contributed by atoms with Gasteiger partial charge in [-0.25, -0.2) is 4.79 Å². The van der Waals surface area contributed by atoms with Gasteiger partial charge in [0.1, 0.15) is 11.4 Å². The van der Waals surface area contributed by atoms with E-state index in [0.717, 1.165) is 16.7 Å². The number of carbonyl (C=O) groups is 2. The van der Waals surface area contributed by atoms with Crippen LogP contribution in [-0.4, -0.2) is 23.0 Å². The van der Waals surface area contributed by atoms with Crippen molar-refractivity contribution in [2.75, 3.05) is 0 Å². The van der Waals surface area contributed by atoms with E-state index in [0.29, 0.717) is 17.2 Å². The van der Waals surface area contributed by atoms with Gasteiger partial charge in [-0.15, -0.1) is 0 Å². The van der Waals surface area contributed by atoms with Crippen LogP contribution >= 0.6 is 0 Å². The summed E-state index contributed by atoms with van der Waals surface area (Å²) < 4.78 is 11.6. The molecule has 0 radical (unpaired) electrons. The number of rotatable bonds is 7. The van der Waals surface area contributed by atoms with Crippen LogP contribution in [0, 0.1) is 13.8 Å². The van der Waals surface area contributed by atoms with Crippen molar-refractivity contribution in [2.24, 2.45) is 0 Å². The number of hydrogen-bond acceptors (Lipinski definition) is 4. The summed E-state index contributed by atoms with van der Waals surface area (Å²) in [7, 11) is 0. The molecular formula is C28H36O4. The lowest BCUT2D eigenvalue weighted by molar-refractivity contribution is -0.171. The Morgan fingerprint density at radius 2 is 1.44 bits per heavy atom. The average molecular weight is 437 g/mol. The van der Waals surface area contributed by atoms with Crippen molar-refractivity contribution in [3.05, 3.63) is 70.3 Å². The van der Waals surface area contributed by atoms with Crippen molar-refractivity contribution in [3.8, 4) is 5.75 Å². The maximum atomic E-state index is 12.5. The van der Waals surface area contributed by atoms with Gasteiger partial charge < -0.3 is 9.47 Å². The summed E-state index contributed by atoms with van der Waals surface area (Å²) in [6.45, 7) is 17.0. The number of hydrogen-bond donors (Lipinski definition) is 0. The van der Waals surface area contributed by atoms with Gasteiger partial charge in [-0.3, -0.25) is 4.79 Å². The molecule has 0 aliphatic rings. The first kappa shape index (κ1) is 25.4. The highest BCUT2D eigenvalue weighted by molar-refractivity contribution is 6.06. The predicted octanol–water partition coefficient (Wildman–Crippen LogP) is 6.82. The van der Waals surface area contributed by atoms with E-state index in [4.69, 9.17) is 9.47 Å². The van der Waals surface area contributed by atoms with Crippen LogP contribution in [0.25, 0.3) is 6.08 Å². The molecule has 4 nitrogen and oxygen atoms in total. The summed E-state index contributed by atoms with van der Waals surface area (Å²) in [6.07, 6.45) is 3.39. The van der Waals surface area contributed by atoms with E-state index >= 15 is 0 Å². The highest BCUT2D eigenvalue weighted by Gasteiger charge is 2.35. The molecule has 0 N–H and O–H groups in total. The summed E-state index contributed by atoms with van der Waals surface area (Å²) >= 11 is 0. The minimum absolute atomic E-state index is 0.0398. The lowest BCUT2D eigenvalue weighted by Crippen LogP contribution is -2.43. The van der Waals surface area contributed by atoms with Crippen LogP contribution < -0.4 is 4.74 Å². The van der Waals surface area contributed by atoms with Gasteiger partial charge >= 0.3 is 5.97 Å². The largest absolute Gasteiger partial charge is 0.476 e. The molecule has 172 valence electrons. The second-order valence-corrected chi connectivity index (χ2v) is 10.1. The molecule has 2 aromatic carbocycles. The van der Waals surface area contributed by atoms with Gasteiger partial charge in [0.05, 0.1) is 0 Å². The molecule has 0 unspecified atom stereocenters. The topological polar surface area (TPSA) is 52.6 Å². The SMILES string of the molecule is Cc1cc(/C=C/C(=O)c2ccc(C(C)C)cc2)cc(C)c1OC(C)(C)C(=O)OC(C)(C)C. The number of aryl methyl sites for hydroxylation is 2. The van der Waals surface area contributed by atoms with Gasteiger partial charge in [-0.2, -0.15) is 0 Å². The molecule has 0 saturated carbocycles. The van der Waals surface area contributed by atoms with E-state index in [1.54, 1.807) is 19.9 Å². The number of allylic oxidation sites excluding steroid dienone is 1. The van der Waals surface area contributed by atoms with Gasteiger partial charge in [0.2, 0.25) is 0 Å². The number of carbonyl (C=O) groups excluding carboxylic acids is 2. The second-order valence-electron chi connectivity index (χ2n) is 10.1. The standard InChI is InChI=1S/C28H36O4/c1-18(2)22-11-13-23(14-12-22)24(29)15-10-21-16-19(3)25(20(4)17-21)31-28(8,9)26(30)32-27(5,6)7/h10-18H,1-9H3/b15-10+. The fourth-order valence-electron chi connectivity index (χ4n) is 3.24. The van der Waals surface area contributed by atoms with Gasteiger partial charge in [-0.1, -0.05) is 44.2 Å². The van der Waals surface area contributed by atoms with Crippen LogP contribution in [0.3, 0.4) is 0 Å². The fourth-order valence-corrected chi connectivity index (χ4v) is 3.24. The number of ether oxygens (including phenoxy) is 2. The van der Waals surface area contributed by atoms with Crippen LogP contribution in [0.5, 0.6) is 5.75 Å². The minimum atomic E-state index is -1.13. The maximum absolute atomic E-state index is 12.5. The minimum Gasteiger partial charge on any atom is -0.476 e. The summed E-state index contributed by atoms with van der Waals surface area (Å²) in [6, 6.07) is 11.6. The Morgan fingerprint density at radius 3 is 1.91 bits per heavy atom. The van der Waals surface area contributed by atoms with Crippen molar-refractivity contribution in [3.63, 3.8) is 0 Å². The van der Waals surface area contributed by atoms with Crippen molar-refractivity contribution in [1.82, 2.24) is 0 Å². The maximum Gasteiger partial charge on any atom is 0.350 e. The van der Waals surface area contributed by atoms with E-state index in [2.05, 4.69) is 13.8 Å². The highest BCUT2D eigenvalue weighted by Crippen LogP contribution is 2.30. The first-order valence-electron chi connectivity index (χ1n) is 11.1. The molecule has 0 aromatic heterocycles. The summed E-state index contributed by atoms with van der Waals surface area (Å²) in [5.74, 6) is 0.624. The molecule has 0 amide bonds. The van der Waals surface area contributed by atoms with Crippen LogP contribution in [-0.2, 0) is 9.53 Å². The van der Waals surface area contributed by atoms with E-state index in [-0.39, 0.29) is 5.78 Å². The van der Waals surface area contributed by atoms with Crippen LogP contribution in [0.4, 0.5) is 0 Å². The van der Waals surface area contributed by atoms with Crippen molar-refractivity contribution in [1.29, 1.82) is 0 Å². The van der Waals surface area contributed by atoms with E-state index in [1.165, 1.54) is 5.56 Å². The molecule has 0 fully saturated rings. The number of ketones is 1. The molecule has 32 heavy (non-hydrogen) atoms. The number of esters is 1. The zero-order valence-electron chi connectivity index (χ0n) is 20.8. The molecule has 2 rings (SSSR count). The smallest absolute Gasteiger partial charge is 0.350 e. The molecular weight excluding hydrogens is 400 g/mol. The molecule has 0 saturated heterocycles. The van der Waals surface area contributed by atoms with Crippen molar-refractivity contribution >= 4 is 17.8 Å². The zero-order valence-corrected chi connectivity index (χ0v) is 20.8. The molecule has 0 spiro atoms. The summed E-state index contributed by atoms with van der Waals surface area (Å²) in [4.78, 5) is 25.1. The summed E-state index contributed by atoms with van der Waals surface area (Å²) in [5.41, 5.74) is 2.83. The molecule has 0 aliphatic carbocycles. The van der Waals surface area contributed by atoms with Crippen LogP contribution in [0.2, 0.25) is 0 Å². The van der Waals surface area contributed by atoms with Gasteiger partial charge in [0.15, 0.2) is 11.4 Å². The monoisotopic (exact) mass is 436 g/mol. The Labute approximate surface area is 192 Å². The number of benzene rings is 2. The first-order chi connectivity index (χ1) is 14.7. The third-order valence-corrected chi connectivity index (χ3v) is 5.02. The van der Waals surface area contributed by atoms with Crippen LogP contribution in [0.1, 0.15) is 87.0 Å². The van der Waals surface area contributed by atoms with Crippen LogP contribution in [0.15, 0.2) is 42.5 Å². The third-order valence-electron chi connectivity index (χ3n) is 5.02. The lowest BCUT2D eigenvalue weighted by Gasteiger charge is -2.30. The third kappa shape index (κ3) is 6.81. The van der Waals surface area contributed by atoms with Gasteiger partial charge in [-0.05, 0) is 94.8 Å². The summed E-state index contributed by atoms with van der Waals surface area (Å²) in [5, 5.41) is 0. The van der Waals surface area contributed by atoms with Gasteiger partial charge in [0.25, 0.3) is 0 Å². The molecule has 0 atom stereocenters. The van der Waals surface area contributed by atoms with Gasteiger partial charge in [0, 0.05) is 5.56 Å². The average Bonchev–Trinajstić information content (AvgIpc) is 2.67. The molecule has 0 aliphatic heterocycles. The molecule has 0 bridgehead atoms. The second kappa shape index (κ2) is 9.72. The quantitative estimate of drug-likeness (QED) is 0.271. The predicted molar refractivity (Wildman–Crippen MR) is 130 cm³/mol. The highest BCUT2D eigenvalue weighted by atomic mass is 16.6. The van der Waals surface area contributed by atoms with Crippen molar-refractivity contribution in [2.45, 2.75) is 79.4 Å². The molecule has 4 heteroatoms. The Kier molecular flexibility index (Phi) is 7.71. The Bertz CT molecular complexity index is 980. The molecule has 2 aromatic rings. The van der Waals surface area contributed by atoms with E-state index < -0.39 is 17.2 Å².